The molecule has 104 valence electrons. The van der Waals surface area contributed by atoms with Gasteiger partial charge in [-0.2, -0.15) is 5.10 Å². The standard InChI is InChI=1S/C16H14N4O/c21-16(11-13-5-2-1-3-6-13)18-15-8-10-20(19-15)14-7-4-9-17-12-14/h1-10,12H,11H2,(H,18,19,21). The molecular formula is C16H14N4O. The molecule has 21 heavy (non-hydrogen) atoms. The number of anilines is 1. The SMILES string of the molecule is O=C(Cc1ccccc1)Nc1ccn(-c2cccnc2)n1. The smallest absolute Gasteiger partial charge is 0.229 e. The summed E-state index contributed by atoms with van der Waals surface area (Å²) in [5, 5.41) is 7.10. The van der Waals surface area contributed by atoms with E-state index in [0.29, 0.717) is 12.2 Å². The Hall–Kier alpha value is -2.95. The third-order valence-corrected chi connectivity index (χ3v) is 2.97. The zero-order chi connectivity index (χ0) is 14.5. The van der Waals surface area contributed by atoms with Gasteiger partial charge in [-0.1, -0.05) is 30.3 Å². The van der Waals surface area contributed by atoms with E-state index in [1.165, 1.54) is 0 Å². The molecule has 0 spiro atoms. The minimum atomic E-state index is -0.0855. The van der Waals surface area contributed by atoms with Gasteiger partial charge in [0, 0.05) is 18.5 Å². The summed E-state index contributed by atoms with van der Waals surface area (Å²) in [7, 11) is 0. The van der Waals surface area contributed by atoms with Gasteiger partial charge in [-0.15, -0.1) is 0 Å². The summed E-state index contributed by atoms with van der Waals surface area (Å²) in [5.74, 6) is 0.442. The van der Waals surface area contributed by atoms with Gasteiger partial charge >= 0.3 is 0 Å². The van der Waals surface area contributed by atoms with Crippen molar-refractivity contribution < 1.29 is 4.79 Å². The first-order chi connectivity index (χ1) is 10.3. The summed E-state index contributed by atoms with van der Waals surface area (Å²) >= 11 is 0. The molecule has 0 bridgehead atoms. The van der Waals surface area contributed by atoms with Gasteiger partial charge in [-0.05, 0) is 17.7 Å². The lowest BCUT2D eigenvalue weighted by Gasteiger charge is -2.02. The number of aromatic nitrogens is 3. The van der Waals surface area contributed by atoms with Crippen molar-refractivity contribution in [2.24, 2.45) is 0 Å². The molecule has 0 radical (unpaired) electrons. The molecule has 0 unspecified atom stereocenters. The Labute approximate surface area is 122 Å². The lowest BCUT2D eigenvalue weighted by atomic mass is 10.1. The van der Waals surface area contributed by atoms with Gasteiger partial charge in [0.25, 0.3) is 0 Å². The number of rotatable bonds is 4. The quantitative estimate of drug-likeness (QED) is 0.797. The minimum Gasteiger partial charge on any atom is -0.309 e. The summed E-state index contributed by atoms with van der Waals surface area (Å²) in [6.07, 6.45) is 5.54. The summed E-state index contributed by atoms with van der Waals surface area (Å²) < 4.78 is 1.67. The number of pyridine rings is 1. The summed E-state index contributed by atoms with van der Waals surface area (Å²) in [6, 6.07) is 15.1. The van der Waals surface area contributed by atoms with E-state index in [0.717, 1.165) is 11.3 Å². The summed E-state index contributed by atoms with van der Waals surface area (Å²) in [4.78, 5) is 16.0. The zero-order valence-electron chi connectivity index (χ0n) is 11.3. The molecule has 3 aromatic rings. The summed E-state index contributed by atoms with van der Waals surface area (Å²) in [6.45, 7) is 0. The van der Waals surface area contributed by atoms with Crippen LogP contribution in [0.4, 0.5) is 5.82 Å². The topological polar surface area (TPSA) is 59.8 Å². The Kier molecular flexibility index (Phi) is 3.73. The zero-order valence-corrected chi connectivity index (χ0v) is 11.3. The molecule has 0 saturated heterocycles. The third kappa shape index (κ3) is 3.33. The lowest BCUT2D eigenvalue weighted by Crippen LogP contribution is -2.14. The predicted molar refractivity (Wildman–Crippen MR) is 80.1 cm³/mol. The number of benzene rings is 1. The van der Waals surface area contributed by atoms with Crippen molar-refractivity contribution in [2.45, 2.75) is 6.42 Å². The predicted octanol–water partition coefficient (Wildman–Crippen LogP) is 2.45. The van der Waals surface area contributed by atoms with Gasteiger partial charge in [0.1, 0.15) is 0 Å². The van der Waals surface area contributed by atoms with Crippen LogP contribution in [0, 0.1) is 0 Å². The fourth-order valence-electron chi connectivity index (χ4n) is 1.99. The molecule has 5 nitrogen and oxygen atoms in total. The second-order valence-corrected chi connectivity index (χ2v) is 4.57. The van der Waals surface area contributed by atoms with E-state index in [-0.39, 0.29) is 5.91 Å². The molecule has 1 N–H and O–H groups in total. The molecule has 0 aliphatic heterocycles. The van der Waals surface area contributed by atoms with Crippen molar-refractivity contribution >= 4 is 11.7 Å². The molecule has 0 atom stereocenters. The first-order valence-corrected chi connectivity index (χ1v) is 6.61. The highest BCUT2D eigenvalue weighted by atomic mass is 16.1. The number of hydrogen-bond acceptors (Lipinski definition) is 3. The average Bonchev–Trinajstić information content (AvgIpc) is 2.97. The average molecular weight is 278 g/mol. The van der Waals surface area contributed by atoms with Crippen LogP contribution in [-0.2, 0) is 11.2 Å². The van der Waals surface area contributed by atoms with E-state index in [4.69, 9.17) is 0 Å². The second kappa shape index (κ2) is 6.00. The Morgan fingerprint density at radius 3 is 2.71 bits per heavy atom. The summed E-state index contributed by atoms with van der Waals surface area (Å²) in [5.41, 5.74) is 1.82. The molecular weight excluding hydrogens is 264 g/mol. The Morgan fingerprint density at radius 2 is 1.95 bits per heavy atom. The highest BCUT2D eigenvalue weighted by Crippen LogP contribution is 2.09. The Morgan fingerprint density at radius 1 is 1.10 bits per heavy atom. The number of carbonyl (C=O) groups excluding carboxylic acids is 1. The van der Waals surface area contributed by atoms with Crippen LogP contribution in [0.3, 0.4) is 0 Å². The van der Waals surface area contributed by atoms with E-state index in [2.05, 4.69) is 15.4 Å². The van der Waals surface area contributed by atoms with Crippen LogP contribution in [0.25, 0.3) is 5.69 Å². The van der Waals surface area contributed by atoms with Crippen LogP contribution >= 0.6 is 0 Å². The highest BCUT2D eigenvalue weighted by molar-refractivity contribution is 5.91. The Bertz CT molecular complexity index is 722. The highest BCUT2D eigenvalue weighted by Gasteiger charge is 2.06. The molecule has 3 rings (SSSR count). The van der Waals surface area contributed by atoms with Gasteiger partial charge in [0.15, 0.2) is 5.82 Å². The van der Waals surface area contributed by atoms with Crippen molar-refractivity contribution in [1.82, 2.24) is 14.8 Å². The maximum atomic E-state index is 12.0. The molecule has 2 aromatic heterocycles. The van der Waals surface area contributed by atoms with Crippen molar-refractivity contribution in [3.8, 4) is 5.69 Å². The van der Waals surface area contributed by atoms with Crippen LogP contribution in [0.5, 0.6) is 0 Å². The number of hydrogen-bond donors (Lipinski definition) is 1. The van der Waals surface area contributed by atoms with Gasteiger partial charge in [-0.3, -0.25) is 9.78 Å². The third-order valence-electron chi connectivity index (χ3n) is 2.97. The van der Waals surface area contributed by atoms with Crippen molar-refractivity contribution in [3.05, 3.63) is 72.7 Å². The fourth-order valence-corrected chi connectivity index (χ4v) is 1.99. The molecule has 2 heterocycles. The first kappa shape index (κ1) is 13.1. The van der Waals surface area contributed by atoms with E-state index in [1.54, 1.807) is 29.3 Å². The second-order valence-electron chi connectivity index (χ2n) is 4.57. The van der Waals surface area contributed by atoms with Gasteiger partial charge in [0.05, 0.1) is 18.3 Å². The normalized spacial score (nSPS) is 10.3. The van der Waals surface area contributed by atoms with Crippen LogP contribution in [-0.4, -0.2) is 20.7 Å². The maximum absolute atomic E-state index is 12.0. The monoisotopic (exact) mass is 278 g/mol. The molecule has 0 saturated carbocycles. The molecule has 0 aliphatic carbocycles. The van der Waals surface area contributed by atoms with E-state index in [9.17, 15) is 4.79 Å². The van der Waals surface area contributed by atoms with Crippen LogP contribution in [0.2, 0.25) is 0 Å². The fraction of sp³-hybridized carbons (Fsp3) is 0.0625. The number of nitrogens with zero attached hydrogens (tertiary/aromatic N) is 3. The van der Waals surface area contributed by atoms with E-state index < -0.39 is 0 Å². The molecule has 0 aliphatic rings. The Balaban J connectivity index is 1.66. The minimum absolute atomic E-state index is 0.0855. The number of amides is 1. The van der Waals surface area contributed by atoms with Crippen molar-refractivity contribution in [2.75, 3.05) is 5.32 Å². The van der Waals surface area contributed by atoms with Crippen LogP contribution in [0.1, 0.15) is 5.56 Å². The van der Waals surface area contributed by atoms with Crippen LogP contribution < -0.4 is 5.32 Å². The van der Waals surface area contributed by atoms with Gasteiger partial charge < -0.3 is 5.32 Å². The van der Waals surface area contributed by atoms with Crippen LogP contribution in [0.15, 0.2) is 67.1 Å². The first-order valence-electron chi connectivity index (χ1n) is 6.61. The lowest BCUT2D eigenvalue weighted by molar-refractivity contribution is -0.115. The van der Waals surface area contributed by atoms with Gasteiger partial charge in [-0.25, -0.2) is 4.68 Å². The number of nitrogens with one attached hydrogen (secondary N) is 1. The van der Waals surface area contributed by atoms with Crippen molar-refractivity contribution in [1.29, 1.82) is 0 Å². The maximum Gasteiger partial charge on any atom is 0.229 e. The molecule has 0 fully saturated rings. The molecule has 5 heteroatoms. The molecule has 1 aromatic carbocycles. The largest absolute Gasteiger partial charge is 0.309 e. The van der Waals surface area contributed by atoms with E-state index in [1.807, 2.05) is 42.5 Å². The van der Waals surface area contributed by atoms with Gasteiger partial charge in [0.2, 0.25) is 5.91 Å². The number of carbonyl (C=O) groups is 1. The van der Waals surface area contributed by atoms with Crippen molar-refractivity contribution in [3.63, 3.8) is 0 Å². The van der Waals surface area contributed by atoms with E-state index >= 15 is 0 Å². The molecule has 1 amide bonds.